The molecular weight excluding hydrogens is 450 g/mol. The summed E-state index contributed by atoms with van der Waals surface area (Å²) in [5, 5.41) is 5.53. The molecule has 35 heavy (non-hydrogen) atoms. The average Bonchev–Trinajstić information content (AvgIpc) is 3.13. The number of hydrogen-bond donors (Lipinski definition) is 2. The molecule has 4 rings (SSSR count). The molecule has 0 radical (unpaired) electrons. The van der Waals surface area contributed by atoms with Gasteiger partial charge in [0, 0.05) is 30.7 Å². The Morgan fingerprint density at radius 1 is 0.886 bits per heavy atom. The third-order valence-corrected chi connectivity index (χ3v) is 6.24. The number of allylic oxidation sites excluding steroid dienone is 2. The zero-order chi connectivity index (χ0) is 24.9. The number of carbonyl (C=O) groups is 4. The molecule has 4 amide bonds. The Labute approximate surface area is 203 Å². The molecule has 0 spiro atoms. The number of ether oxygens (including phenoxy) is 2. The summed E-state index contributed by atoms with van der Waals surface area (Å²) in [5.41, 5.74) is 1.19. The van der Waals surface area contributed by atoms with E-state index in [-0.39, 0.29) is 48.4 Å². The first-order valence-electron chi connectivity index (χ1n) is 11.4. The van der Waals surface area contributed by atoms with Crippen molar-refractivity contribution >= 4 is 35.0 Å². The van der Waals surface area contributed by atoms with Gasteiger partial charge in [-0.3, -0.25) is 24.1 Å². The molecule has 2 atom stereocenters. The lowest BCUT2D eigenvalue weighted by Crippen LogP contribution is -2.34. The molecule has 182 valence electrons. The van der Waals surface area contributed by atoms with E-state index in [2.05, 4.69) is 10.6 Å². The standard InChI is InChI=1S/C26H27N3O6/c1-34-21-15-20(28-24(31)16-8-4-3-5-9-16)22(35-2)14-19(21)27-23(30)12-13-29-25(32)17-10-6-7-11-18(17)26(29)33/h3-9,14-15,17-18H,10-13H2,1-2H3,(H,27,30)(H,28,31)/t17-,18-/m1/s1. The fourth-order valence-electron chi connectivity index (χ4n) is 4.39. The molecule has 1 aliphatic carbocycles. The number of fused-ring (bicyclic) bond motifs is 1. The molecule has 0 aromatic heterocycles. The molecule has 2 aliphatic rings. The highest BCUT2D eigenvalue weighted by Gasteiger charge is 2.46. The first-order valence-corrected chi connectivity index (χ1v) is 11.4. The van der Waals surface area contributed by atoms with Gasteiger partial charge in [0.15, 0.2) is 0 Å². The van der Waals surface area contributed by atoms with Crippen molar-refractivity contribution in [2.75, 3.05) is 31.4 Å². The first kappa shape index (κ1) is 24.0. The zero-order valence-corrected chi connectivity index (χ0v) is 19.6. The van der Waals surface area contributed by atoms with Gasteiger partial charge >= 0.3 is 0 Å². The second-order valence-corrected chi connectivity index (χ2v) is 8.36. The largest absolute Gasteiger partial charge is 0.494 e. The number of carbonyl (C=O) groups excluding carboxylic acids is 4. The summed E-state index contributed by atoms with van der Waals surface area (Å²) in [5.74, 6) is -1.14. The molecule has 9 nitrogen and oxygen atoms in total. The number of nitrogens with zero attached hydrogens (tertiary/aromatic N) is 1. The van der Waals surface area contributed by atoms with Crippen molar-refractivity contribution in [3.05, 3.63) is 60.2 Å². The Bertz CT molecular complexity index is 1150. The van der Waals surface area contributed by atoms with Crippen LogP contribution in [0.4, 0.5) is 11.4 Å². The Kier molecular flexibility index (Phi) is 7.14. The van der Waals surface area contributed by atoms with Gasteiger partial charge in [-0.1, -0.05) is 30.4 Å². The Hall–Kier alpha value is -4.14. The summed E-state index contributed by atoms with van der Waals surface area (Å²) in [6.07, 6.45) is 4.91. The van der Waals surface area contributed by atoms with Crippen molar-refractivity contribution in [3.63, 3.8) is 0 Å². The topological polar surface area (TPSA) is 114 Å². The van der Waals surface area contributed by atoms with Gasteiger partial charge in [0.25, 0.3) is 5.91 Å². The predicted octanol–water partition coefficient (Wildman–Crippen LogP) is 3.24. The van der Waals surface area contributed by atoms with E-state index < -0.39 is 0 Å². The lowest BCUT2D eigenvalue weighted by molar-refractivity contribution is -0.140. The maximum atomic E-state index is 12.7. The highest BCUT2D eigenvalue weighted by Crippen LogP contribution is 2.37. The fourth-order valence-corrected chi connectivity index (χ4v) is 4.39. The predicted molar refractivity (Wildman–Crippen MR) is 129 cm³/mol. The molecular formula is C26H27N3O6. The van der Waals surface area contributed by atoms with Crippen molar-refractivity contribution in [3.8, 4) is 11.5 Å². The van der Waals surface area contributed by atoms with E-state index in [1.807, 2.05) is 18.2 Å². The summed E-state index contributed by atoms with van der Waals surface area (Å²) in [6, 6.07) is 11.8. The van der Waals surface area contributed by atoms with Crippen LogP contribution in [0.15, 0.2) is 54.6 Å². The molecule has 1 saturated heterocycles. The molecule has 0 saturated carbocycles. The van der Waals surface area contributed by atoms with Crippen molar-refractivity contribution < 1.29 is 28.7 Å². The second-order valence-electron chi connectivity index (χ2n) is 8.36. The van der Waals surface area contributed by atoms with Crippen LogP contribution in [0.1, 0.15) is 29.6 Å². The molecule has 2 aromatic carbocycles. The molecule has 1 heterocycles. The molecule has 1 aliphatic heterocycles. The van der Waals surface area contributed by atoms with Gasteiger partial charge in [-0.05, 0) is 25.0 Å². The van der Waals surface area contributed by atoms with Crippen LogP contribution in [0.3, 0.4) is 0 Å². The van der Waals surface area contributed by atoms with E-state index in [4.69, 9.17) is 9.47 Å². The van der Waals surface area contributed by atoms with Crippen LogP contribution in [-0.4, -0.2) is 49.3 Å². The lowest BCUT2D eigenvalue weighted by atomic mass is 9.85. The van der Waals surface area contributed by atoms with Crippen molar-refractivity contribution in [1.82, 2.24) is 4.90 Å². The van der Waals surface area contributed by atoms with E-state index in [0.29, 0.717) is 41.3 Å². The van der Waals surface area contributed by atoms with E-state index in [0.717, 1.165) is 0 Å². The fraction of sp³-hybridized carbons (Fsp3) is 0.308. The Balaban J connectivity index is 1.43. The molecule has 9 heteroatoms. The highest BCUT2D eigenvalue weighted by atomic mass is 16.5. The van der Waals surface area contributed by atoms with Crippen LogP contribution >= 0.6 is 0 Å². The summed E-state index contributed by atoms with van der Waals surface area (Å²) < 4.78 is 10.8. The number of rotatable bonds is 8. The molecule has 0 bridgehead atoms. The van der Waals surface area contributed by atoms with Crippen LogP contribution in [0, 0.1) is 11.8 Å². The first-order chi connectivity index (χ1) is 16.9. The van der Waals surface area contributed by atoms with E-state index in [1.54, 1.807) is 36.4 Å². The average molecular weight is 478 g/mol. The lowest BCUT2D eigenvalue weighted by Gasteiger charge is -2.17. The monoisotopic (exact) mass is 477 g/mol. The van der Waals surface area contributed by atoms with Crippen molar-refractivity contribution in [2.24, 2.45) is 11.8 Å². The van der Waals surface area contributed by atoms with Gasteiger partial charge in [-0.25, -0.2) is 0 Å². The third kappa shape index (κ3) is 5.03. The van der Waals surface area contributed by atoms with Crippen LogP contribution < -0.4 is 20.1 Å². The van der Waals surface area contributed by atoms with Crippen LogP contribution in [0.25, 0.3) is 0 Å². The minimum absolute atomic E-state index is 0.0150. The quantitative estimate of drug-likeness (QED) is 0.446. The summed E-state index contributed by atoms with van der Waals surface area (Å²) in [7, 11) is 2.89. The molecule has 0 unspecified atom stereocenters. The smallest absolute Gasteiger partial charge is 0.255 e. The zero-order valence-electron chi connectivity index (χ0n) is 19.6. The minimum atomic E-state index is -0.389. The summed E-state index contributed by atoms with van der Waals surface area (Å²) in [6.45, 7) is 0.0150. The number of likely N-dealkylation sites (tertiary alicyclic amines) is 1. The number of amides is 4. The SMILES string of the molecule is COc1cc(NC(=O)c2ccccc2)c(OC)cc1NC(=O)CCN1C(=O)[C@@H]2CC=CC[C@H]2C1=O. The third-order valence-electron chi connectivity index (χ3n) is 6.24. The maximum absolute atomic E-state index is 12.7. The van der Waals surface area contributed by atoms with Gasteiger partial charge in [-0.15, -0.1) is 0 Å². The van der Waals surface area contributed by atoms with Crippen molar-refractivity contribution in [2.45, 2.75) is 19.3 Å². The number of anilines is 2. The van der Waals surface area contributed by atoms with E-state index in [1.165, 1.54) is 19.1 Å². The van der Waals surface area contributed by atoms with Crippen LogP contribution in [0.5, 0.6) is 11.5 Å². The number of nitrogens with one attached hydrogen (secondary N) is 2. The summed E-state index contributed by atoms with van der Waals surface area (Å²) >= 11 is 0. The van der Waals surface area contributed by atoms with Gasteiger partial charge in [-0.2, -0.15) is 0 Å². The Morgan fingerprint density at radius 3 is 1.97 bits per heavy atom. The number of benzene rings is 2. The second kappa shape index (κ2) is 10.4. The van der Waals surface area contributed by atoms with Gasteiger partial charge in [0.05, 0.1) is 37.4 Å². The normalized spacial score (nSPS) is 18.7. The van der Waals surface area contributed by atoms with Gasteiger partial charge in [0.1, 0.15) is 11.5 Å². The number of hydrogen-bond acceptors (Lipinski definition) is 6. The molecule has 1 fully saturated rings. The van der Waals surface area contributed by atoms with Crippen LogP contribution in [0.2, 0.25) is 0 Å². The Morgan fingerprint density at radius 2 is 1.43 bits per heavy atom. The van der Waals surface area contributed by atoms with E-state index in [9.17, 15) is 19.2 Å². The number of imide groups is 1. The van der Waals surface area contributed by atoms with Gasteiger partial charge < -0.3 is 20.1 Å². The molecule has 2 N–H and O–H groups in total. The van der Waals surface area contributed by atoms with Crippen LogP contribution in [-0.2, 0) is 14.4 Å². The molecule has 2 aromatic rings. The van der Waals surface area contributed by atoms with Gasteiger partial charge in [0.2, 0.25) is 17.7 Å². The van der Waals surface area contributed by atoms with Crippen molar-refractivity contribution in [1.29, 1.82) is 0 Å². The summed E-state index contributed by atoms with van der Waals surface area (Å²) in [4.78, 5) is 51.6. The highest BCUT2D eigenvalue weighted by molar-refractivity contribution is 6.07. The minimum Gasteiger partial charge on any atom is -0.494 e. The van der Waals surface area contributed by atoms with E-state index >= 15 is 0 Å². The number of methoxy groups -OCH3 is 2. The maximum Gasteiger partial charge on any atom is 0.255 e.